The van der Waals surface area contributed by atoms with Crippen LogP contribution in [0.3, 0.4) is 0 Å². The van der Waals surface area contributed by atoms with Crippen molar-refractivity contribution in [2.24, 2.45) is 0 Å². The molecule has 1 atom stereocenters. The van der Waals surface area contributed by atoms with Crippen LogP contribution in [0.2, 0.25) is 5.02 Å². The van der Waals surface area contributed by atoms with E-state index in [0.29, 0.717) is 28.5 Å². The smallest absolute Gasteiger partial charge is 0.215 e. The lowest BCUT2D eigenvalue weighted by Crippen LogP contribution is -2.33. The number of sulfonamides is 1. The summed E-state index contributed by atoms with van der Waals surface area (Å²) in [4.78, 5) is 4.05. The van der Waals surface area contributed by atoms with Gasteiger partial charge in [-0.2, -0.15) is 0 Å². The first-order valence-corrected chi connectivity index (χ1v) is 13.4. The van der Waals surface area contributed by atoms with Crippen molar-refractivity contribution in [3.05, 3.63) is 89.2 Å². The second-order valence-corrected chi connectivity index (χ2v) is 11.3. The molecule has 3 aromatic rings. The van der Waals surface area contributed by atoms with Crippen LogP contribution in [0.1, 0.15) is 23.3 Å². The predicted molar refractivity (Wildman–Crippen MR) is 124 cm³/mol. The summed E-state index contributed by atoms with van der Waals surface area (Å²) < 4.78 is 59.9. The Labute approximate surface area is 193 Å². The first kappa shape index (κ1) is 24.2. The molecule has 0 aliphatic carbocycles. The third-order valence-electron chi connectivity index (χ3n) is 4.69. The molecule has 0 spiro atoms. The van der Waals surface area contributed by atoms with Crippen LogP contribution in [-0.4, -0.2) is 35.0 Å². The maximum absolute atomic E-state index is 13.4. The molecule has 2 aromatic carbocycles. The van der Waals surface area contributed by atoms with E-state index in [1.807, 2.05) is 6.92 Å². The number of hydrogen-bond donors (Lipinski definition) is 1. The Morgan fingerprint density at radius 2 is 1.72 bits per heavy atom. The molecule has 0 bridgehead atoms. The van der Waals surface area contributed by atoms with Crippen LogP contribution in [0.25, 0.3) is 0 Å². The van der Waals surface area contributed by atoms with Gasteiger partial charge in [-0.25, -0.2) is 21.6 Å². The maximum atomic E-state index is 13.4. The monoisotopic (exact) mass is 494 g/mol. The quantitative estimate of drug-likeness (QED) is 0.460. The lowest BCUT2D eigenvalue weighted by Gasteiger charge is -2.19. The third kappa shape index (κ3) is 6.07. The fourth-order valence-corrected chi connectivity index (χ4v) is 6.32. The van der Waals surface area contributed by atoms with Crippen LogP contribution in [0.4, 0.5) is 0 Å². The van der Waals surface area contributed by atoms with E-state index in [0.717, 1.165) is 0 Å². The molecule has 32 heavy (non-hydrogen) atoms. The van der Waals surface area contributed by atoms with E-state index in [4.69, 9.17) is 16.3 Å². The maximum Gasteiger partial charge on any atom is 0.215 e. The van der Waals surface area contributed by atoms with Gasteiger partial charge in [0.25, 0.3) is 0 Å². The number of aromatic nitrogens is 1. The molecule has 0 saturated carbocycles. The third-order valence-corrected chi connectivity index (χ3v) is 8.47. The average Bonchev–Trinajstić information content (AvgIpc) is 2.76. The molecule has 0 radical (unpaired) electrons. The number of rotatable bonds is 10. The number of hydrogen-bond acceptors (Lipinski definition) is 6. The zero-order chi connectivity index (χ0) is 23.2. The van der Waals surface area contributed by atoms with Crippen molar-refractivity contribution in [3.8, 4) is 5.75 Å². The lowest BCUT2D eigenvalue weighted by atomic mass is 10.2. The van der Waals surface area contributed by atoms with E-state index in [2.05, 4.69) is 9.71 Å². The summed E-state index contributed by atoms with van der Waals surface area (Å²) in [7, 11) is -7.79. The molecule has 0 amide bonds. The van der Waals surface area contributed by atoms with E-state index >= 15 is 0 Å². The molecule has 3 rings (SSSR count). The molecule has 0 aliphatic heterocycles. The zero-order valence-electron chi connectivity index (χ0n) is 17.3. The molecule has 1 heterocycles. The Morgan fingerprint density at radius 3 is 2.34 bits per heavy atom. The van der Waals surface area contributed by atoms with Gasteiger partial charge in [0.1, 0.15) is 11.0 Å². The minimum atomic E-state index is -3.94. The van der Waals surface area contributed by atoms with Crippen LogP contribution < -0.4 is 9.46 Å². The second kappa shape index (κ2) is 10.4. The Morgan fingerprint density at radius 1 is 1.00 bits per heavy atom. The largest absolute Gasteiger partial charge is 0.494 e. The molecule has 0 fully saturated rings. The van der Waals surface area contributed by atoms with Gasteiger partial charge in [0.05, 0.1) is 17.3 Å². The summed E-state index contributed by atoms with van der Waals surface area (Å²) in [5.41, 5.74) is 0.802. The summed E-state index contributed by atoms with van der Waals surface area (Å²) in [5, 5.41) is -0.848. The van der Waals surface area contributed by atoms with Crippen LogP contribution in [-0.2, 0) is 25.6 Å². The van der Waals surface area contributed by atoms with Gasteiger partial charge in [-0.3, -0.25) is 4.98 Å². The van der Waals surface area contributed by atoms with Gasteiger partial charge in [0.15, 0.2) is 9.84 Å². The van der Waals surface area contributed by atoms with E-state index in [-0.39, 0.29) is 17.2 Å². The number of benzene rings is 2. The molecule has 1 unspecified atom stereocenters. The molecule has 1 aromatic heterocycles. The minimum absolute atomic E-state index is 0.0557. The van der Waals surface area contributed by atoms with E-state index in [1.165, 1.54) is 24.5 Å². The zero-order valence-corrected chi connectivity index (χ0v) is 19.7. The average molecular weight is 495 g/mol. The van der Waals surface area contributed by atoms with Crippen LogP contribution >= 0.6 is 11.6 Å². The van der Waals surface area contributed by atoms with E-state index in [9.17, 15) is 16.8 Å². The molecule has 0 saturated heterocycles. The summed E-state index contributed by atoms with van der Waals surface area (Å²) in [5.74, 6) is 0.181. The number of nitrogens with zero attached hydrogens (tertiary/aromatic N) is 1. The first-order valence-electron chi connectivity index (χ1n) is 9.80. The summed E-state index contributed by atoms with van der Waals surface area (Å²) in [6.07, 6.45) is 2.94. The Kier molecular flexibility index (Phi) is 7.89. The number of pyridine rings is 1. The van der Waals surface area contributed by atoms with Gasteiger partial charge in [0, 0.05) is 24.0 Å². The molecule has 7 nitrogen and oxygen atoms in total. The van der Waals surface area contributed by atoms with Crippen LogP contribution in [0.15, 0.2) is 78.0 Å². The Bertz CT molecular complexity index is 1250. The highest BCUT2D eigenvalue weighted by atomic mass is 35.5. The summed E-state index contributed by atoms with van der Waals surface area (Å²) in [6, 6.07) is 15.8. The highest BCUT2D eigenvalue weighted by Gasteiger charge is 2.31. The van der Waals surface area contributed by atoms with Gasteiger partial charge >= 0.3 is 0 Å². The minimum Gasteiger partial charge on any atom is -0.494 e. The van der Waals surface area contributed by atoms with Gasteiger partial charge in [-0.1, -0.05) is 35.9 Å². The van der Waals surface area contributed by atoms with E-state index in [1.54, 1.807) is 48.5 Å². The molecular formula is C22H23ClN2O5S2. The standard InChI is InChI=1S/C22H23ClN2O5S2/c1-2-30-19-9-11-20(12-10-19)32(28,29)22(17-7-5-13-24-14-17)15-25-31(26,27)16-18-6-3-4-8-21(18)23/h3-14,22,25H,2,15-16H2,1H3. The molecular weight excluding hydrogens is 472 g/mol. The van der Waals surface area contributed by atoms with Crippen molar-refractivity contribution in [2.45, 2.75) is 22.8 Å². The van der Waals surface area contributed by atoms with Gasteiger partial charge in [-0.15, -0.1) is 0 Å². The summed E-state index contributed by atoms with van der Waals surface area (Å²) in [6.45, 7) is 1.93. The molecule has 0 aliphatic rings. The van der Waals surface area contributed by atoms with Gasteiger partial charge in [0.2, 0.25) is 10.0 Å². The van der Waals surface area contributed by atoms with Crippen molar-refractivity contribution in [3.63, 3.8) is 0 Å². The van der Waals surface area contributed by atoms with Gasteiger partial charge < -0.3 is 4.74 Å². The SMILES string of the molecule is CCOc1ccc(S(=O)(=O)C(CNS(=O)(=O)Cc2ccccc2Cl)c2cccnc2)cc1. The van der Waals surface area contributed by atoms with Crippen molar-refractivity contribution < 1.29 is 21.6 Å². The normalized spacial score (nSPS) is 12.9. The second-order valence-electron chi connectivity index (χ2n) is 6.92. The molecule has 1 N–H and O–H groups in total. The highest BCUT2D eigenvalue weighted by molar-refractivity contribution is 7.92. The Balaban J connectivity index is 1.87. The van der Waals surface area contributed by atoms with Crippen molar-refractivity contribution in [2.75, 3.05) is 13.2 Å². The predicted octanol–water partition coefficient (Wildman–Crippen LogP) is 3.77. The lowest BCUT2D eigenvalue weighted by molar-refractivity contribution is 0.340. The van der Waals surface area contributed by atoms with Crippen molar-refractivity contribution >= 4 is 31.5 Å². The van der Waals surface area contributed by atoms with Gasteiger partial charge in [-0.05, 0) is 54.4 Å². The van der Waals surface area contributed by atoms with Crippen LogP contribution in [0, 0.1) is 0 Å². The molecule has 10 heteroatoms. The molecule has 170 valence electrons. The Hall–Kier alpha value is -2.46. The fraction of sp³-hybridized carbons (Fsp3) is 0.227. The number of halogens is 1. The van der Waals surface area contributed by atoms with E-state index < -0.39 is 25.1 Å². The van der Waals surface area contributed by atoms with Crippen molar-refractivity contribution in [1.29, 1.82) is 0 Å². The van der Waals surface area contributed by atoms with Crippen LogP contribution in [0.5, 0.6) is 5.75 Å². The highest BCUT2D eigenvalue weighted by Crippen LogP contribution is 2.29. The summed E-state index contributed by atoms with van der Waals surface area (Å²) >= 11 is 6.07. The number of ether oxygens (including phenoxy) is 1. The number of sulfone groups is 1. The first-order chi connectivity index (χ1) is 15.2. The number of nitrogens with one attached hydrogen (secondary N) is 1. The van der Waals surface area contributed by atoms with Crippen molar-refractivity contribution in [1.82, 2.24) is 9.71 Å². The topological polar surface area (TPSA) is 102 Å². The fourth-order valence-electron chi connectivity index (χ4n) is 3.10.